The Bertz CT molecular complexity index is 707. The number of aryl methyl sites for hydroxylation is 2. The van der Waals surface area contributed by atoms with Crippen LogP contribution in [0.5, 0.6) is 0 Å². The molecule has 2 aromatic rings. The third-order valence-electron chi connectivity index (χ3n) is 3.12. The van der Waals surface area contributed by atoms with Crippen molar-refractivity contribution in [2.45, 2.75) is 19.6 Å². The highest BCUT2D eigenvalue weighted by molar-refractivity contribution is 7.91. The Balaban J connectivity index is 2.14. The average molecular weight is 290 g/mol. The molecule has 3 N–H and O–H groups in total. The van der Waals surface area contributed by atoms with Crippen molar-refractivity contribution in [2.75, 3.05) is 10.5 Å². The molecule has 5 heteroatoms. The van der Waals surface area contributed by atoms with Crippen molar-refractivity contribution >= 4 is 21.4 Å². The van der Waals surface area contributed by atoms with Crippen LogP contribution < -0.4 is 10.5 Å². The lowest BCUT2D eigenvalue weighted by Gasteiger charge is -2.10. The van der Waals surface area contributed by atoms with Crippen molar-refractivity contribution < 1.29 is 8.42 Å². The van der Waals surface area contributed by atoms with Gasteiger partial charge in [-0.2, -0.15) is 0 Å². The zero-order valence-electron chi connectivity index (χ0n) is 11.6. The van der Waals surface area contributed by atoms with Crippen LogP contribution in [-0.2, 0) is 15.8 Å². The minimum atomic E-state index is -3.42. The van der Waals surface area contributed by atoms with E-state index >= 15 is 0 Å². The lowest BCUT2D eigenvalue weighted by molar-refractivity contribution is 0.600. The Labute approximate surface area is 119 Å². The van der Waals surface area contributed by atoms with E-state index in [4.69, 9.17) is 5.73 Å². The molecule has 0 radical (unpaired) electrons. The van der Waals surface area contributed by atoms with Crippen LogP contribution in [0.2, 0.25) is 0 Å². The largest absolute Gasteiger partial charge is 0.399 e. The van der Waals surface area contributed by atoms with E-state index in [0.29, 0.717) is 16.9 Å². The number of anilines is 2. The summed E-state index contributed by atoms with van der Waals surface area (Å²) in [6.07, 6.45) is 0. The monoisotopic (exact) mass is 290 g/mol. The highest BCUT2D eigenvalue weighted by Gasteiger charge is 2.12. The average Bonchev–Trinajstić information content (AvgIpc) is 2.36. The van der Waals surface area contributed by atoms with Crippen LogP contribution in [0.4, 0.5) is 11.4 Å². The molecule has 0 bridgehead atoms. The van der Waals surface area contributed by atoms with E-state index in [1.165, 1.54) is 0 Å². The zero-order valence-corrected chi connectivity index (χ0v) is 12.4. The molecule has 2 aromatic carbocycles. The topological polar surface area (TPSA) is 72.2 Å². The number of nitrogen functional groups attached to an aromatic ring is 1. The number of nitrogens with one attached hydrogen (secondary N) is 1. The van der Waals surface area contributed by atoms with Gasteiger partial charge in [0.05, 0.1) is 5.75 Å². The summed E-state index contributed by atoms with van der Waals surface area (Å²) >= 11 is 0. The van der Waals surface area contributed by atoms with Crippen molar-refractivity contribution in [1.29, 1.82) is 0 Å². The first-order valence-corrected chi connectivity index (χ1v) is 7.93. The van der Waals surface area contributed by atoms with E-state index in [0.717, 1.165) is 11.1 Å². The molecule has 0 spiro atoms. The Morgan fingerprint density at radius 1 is 1.00 bits per heavy atom. The van der Waals surface area contributed by atoms with Crippen molar-refractivity contribution in [3.8, 4) is 0 Å². The molecule has 0 heterocycles. The Morgan fingerprint density at radius 2 is 1.65 bits per heavy atom. The highest BCUT2D eigenvalue weighted by atomic mass is 32.2. The summed E-state index contributed by atoms with van der Waals surface area (Å²) in [6.45, 7) is 3.94. The summed E-state index contributed by atoms with van der Waals surface area (Å²) in [5, 5.41) is 0. The van der Waals surface area contributed by atoms with E-state index in [1.807, 2.05) is 26.0 Å². The van der Waals surface area contributed by atoms with E-state index in [-0.39, 0.29) is 5.75 Å². The van der Waals surface area contributed by atoms with Crippen molar-refractivity contribution in [2.24, 2.45) is 0 Å². The number of rotatable bonds is 4. The Hall–Kier alpha value is -2.01. The summed E-state index contributed by atoms with van der Waals surface area (Å²) in [7, 11) is -3.42. The predicted molar refractivity (Wildman–Crippen MR) is 83.0 cm³/mol. The van der Waals surface area contributed by atoms with E-state index in [1.54, 1.807) is 30.3 Å². The van der Waals surface area contributed by atoms with Crippen LogP contribution in [0.1, 0.15) is 16.7 Å². The first-order valence-electron chi connectivity index (χ1n) is 6.28. The Morgan fingerprint density at radius 3 is 2.25 bits per heavy atom. The summed E-state index contributed by atoms with van der Waals surface area (Å²) in [5.74, 6) is -0.0692. The second-order valence-corrected chi connectivity index (χ2v) is 6.62. The van der Waals surface area contributed by atoms with Gasteiger partial charge in [0.15, 0.2) is 0 Å². The van der Waals surface area contributed by atoms with Gasteiger partial charge >= 0.3 is 0 Å². The second-order valence-electron chi connectivity index (χ2n) is 4.90. The Kier molecular flexibility index (Phi) is 3.99. The molecular weight excluding hydrogens is 272 g/mol. The van der Waals surface area contributed by atoms with E-state index in [2.05, 4.69) is 4.72 Å². The standard InChI is InChI=1S/C15H18N2O2S/c1-11-3-8-15(9-12(11)2)17-20(18,19)10-13-4-6-14(16)7-5-13/h3-9,17H,10,16H2,1-2H3. The smallest absolute Gasteiger partial charge is 0.236 e. The SMILES string of the molecule is Cc1ccc(NS(=O)(=O)Cc2ccc(N)cc2)cc1C. The molecule has 0 saturated heterocycles. The van der Waals surface area contributed by atoms with Gasteiger partial charge in [-0.25, -0.2) is 8.42 Å². The van der Waals surface area contributed by atoms with Crippen molar-refractivity contribution in [3.05, 3.63) is 59.2 Å². The van der Waals surface area contributed by atoms with Crippen LogP contribution in [0.3, 0.4) is 0 Å². The number of benzene rings is 2. The molecule has 0 saturated carbocycles. The van der Waals surface area contributed by atoms with Crippen LogP contribution in [0.15, 0.2) is 42.5 Å². The van der Waals surface area contributed by atoms with Crippen molar-refractivity contribution in [3.63, 3.8) is 0 Å². The summed E-state index contributed by atoms with van der Waals surface area (Å²) in [5.41, 5.74) is 9.67. The minimum absolute atomic E-state index is 0.0692. The van der Waals surface area contributed by atoms with Gasteiger partial charge in [-0.1, -0.05) is 18.2 Å². The van der Waals surface area contributed by atoms with Gasteiger partial charge in [0.2, 0.25) is 10.0 Å². The molecule has 2 rings (SSSR count). The molecular formula is C15H18N2O2S. The molecule has 4 nitrogen and oxygen atoms in total. The summed E-state index contributed by atoms with van der Waals surface area (Å²) < 4.78 is 26.8. The highest BCUT2D eigenvalue weighted by Crippen LogP contribution is 2.17. The maximum atomic E-state index is 12.1. The summed E-state index contributed by atoms with van der Waals surface area (Å²) in [6, 6.07) is 12.3. The fraction of sp³-hybridized carbons (Fsp3) is 0.200. The fourth-order valence-electron chi connectivity index (χ4n) is 1.85. The van der Waals surface area contributed by atoms with Crippen molar-refractivity contribution in [1.82, 2.24) is 0 Å². The van der Waals surface area contributed by atoms with Crippen LogP contribution >= 0.6 is 0 Å². The lowest BCUT2D eigenvalue weighted by atomic mass is 10.1. The molecule has 20 heavy (non-hydrogen) atoms. The molecule has 0 aliphatic rings. The van der Waals surface area contributed by atoms with E-state index < -0.39 is 10.0 Å². The molecule has 0 atom stereocenters. The number of sulfonamides is 1. The molecule has 0 fully saturated rings. The predicted octanol–water partition coefficient (Wildman–Crippen LogP) is 2.83. The molecule has 0 aliphatic carbocycles. The summed E-state index contributed by atoms with van der Waals surface area (Å²) in [4.78, 5) is 0. The van der Waals surface area contributed by atoms with Gasteiger partial charge in [0, 0.05) is 11.4 Å². The third kappa shape index (κ3) is 3.74. The van der Waals surface area contributed by atoms with E-state index in [9.17, 15) is 8.42 Å². The quantitative estimate of drug-likeness (QED) is 0.850. The van der Waals surface area contributed by atoms with Crippen LogP contribution in [0.25, 0.3) is 0 Å². The first-order chi connectivity index (χ1) is 9.35. The lowest BCUT2D eigenvalue weighted by Crippen LogP contribution is -2.15. The zero-order chi connectivity index (χ0) is 14.8. The van der Waals surface area contributed by atoms with Gasteiger partial charge in [-0.05, 0) is 54.8 Å². The molecule has 0 amide bonds. The minimum Gasteiger partial charge on any atom is -0.399 e. The van der Waals surface area contributed by atoms with Gasteiger partial charge < -0.3 is 5.73 Å². The van der Waals surface area contributed by atoms with Gasteiger partial charge in [0.1, 0.15) is 0 Å². The fourth-order valence-corrected chi connectivity index (χ4v) is 3.04. The number of nitrogens with two attached hydrogens (primary N) is 1. The molecule has 0 aliphatic heterocycles. The van der Waals surface area contributed by atoms with Gasteiger partial charge in [0.25, 0.3) is 0 Å². The molecule has 106 valence electrons. The molecule has 0 aromatic heterocycles. The van der Waals surface area contributed by atoms with Gasteiger partial charge in [-0.15, -0.1) is 0 Å². The second kappa shape index (κ2) is 5.54. The number of hydrogen-bond acceptors (Lipinski definition) is 3. The maximum Gasteiger partial charge on any atom is 0.236 e. The number of hydrogen-bond donors (Lipinski definition) is 2. The van der Waals surface area contributed by atoms with Crippen LogP contribution in [-0.4, -0.2) is 8.42 Å². The maximum absolute atomic E-state index is 12.1. The first kappa shape index (κ1) is 14.4. The normalized spacial score (nSPS) is 11.3. The van der Waals surface area contributed by atoms with Gasteiger partial charge in [-0.3, -0.25) is 4.72 Å². The van der Waals surface area contributed by atoms with Crippen LogP contribution in [0, 0.1) is 13.8 Å². The molecule has 0 unspecified atom stereocenters. The third-order valence-corrected chi connectivity index (χ3v) is 4.38.